The lowest BCUT2D eigenvalue weighted by Gasteiger charge is -2.25. The van der Waals surface area contributed by atoms with Gasteiger partial charge in [-0.3, -0.25) is 0 Å². The molecule has 0 amide bonds. The third-order valence-electron chi connectivity index (χ3n) is 3.62. The normalized spacial score (nSPS) is 23.2. The van der Waals surface area contributed by atoms with E-state index in [2.05, 4.69) is 22.9 Å². The van der Waals surface area contributed by atoms with Crippen molar-refractivity contribution in [1.29, 1.82) is 0 Å². The third kappa shape index (κ3) is 2.97. The largest absolute Gasteiger partial charge is 0.356 e. The fourth-order valence-corrected chi connectivity index (χ4v) is 2.50. The smallest absolute Gasteiger partial charge is 0.133 e. The van der Waals surface area contributed by atoms with Crippen LogP contribution in [0.5, 0.6) is 0 Å². The molecule has 1 aliphatic heterocycles. The van der Waals surface area contributed by atoms with E-state index in [1.54, 1.807) is 0 Å². The molecule has 17 heavy (non-hydrogen) atoms. The topological polar surface area (TPSA) is 42.2 Å². The van der Waals surface area contributed by atoms with Crippen LogP contribution in [-0.4, -0.2) is 18.1 Å². The molecule has 1 fully saturated rings. The van der Waals surface area contributed by atoms with Gasteiger partial charge in [0.05, 0.1) is 0 Å². The van der Waals surface area contributed by atoms with Gasteiger partial charge in [0.15, 0.2) is 0 Å². The summed E-state index contributed by atoms with van der Waals surface area (Å²) in [5.74, 6) is 1.93. The second kappa shape index (κ2) is 5.50. The Balaban J connectivity index is 2.21. The van der Waals surface area contributed by atoms with Crippen molar-refractivity contribution in [3.05, 3.63) is 23.9 Å². The lowest BCUT2D eigenvalue weighted by molar-refractivity contribution is 0.521. The number of aromatic nitrogens is 1. The van der Waals surface area contributed by atoms with E-state index in [9.17, 15) is 0 Å². The van der Waals surface area contributed by atoms with Gasteiger partial charge < -0.3 is 10.6 Å². The quantitative estimate of drug-likeness (QED) is 0.854. The molecule has 0 aromatic carbocycles. The van der Waals surface area contributed by atoms with Gasteiger partial charge in [-0.2, -0.15) is 0 Å². The Hall–Kier alpha value is -1.09. The number of nitrogens with zero attached hydrogens (tertiary/aromatic N) is 2. The van der Waals surface area contributed by atoms with Crippen molar-refractivity contribution in [2.24, 2.45) is 11.7 Å². The van der Waals surface area contributed by atoms with Crippen LogP contribution in [0.2, 0.25) is 0 Å². The number of hydrogen-bond donors (Lipinski definition) is 1. The monoisotopic (exact) mass is 233 g/mol. The van der Waals surface area contributed by atoms with Gasteiger partial charge in [0.25, 0.3) is 0 Å². The maximum absolute atomic E-state index is 6.02. The highest BCUT2D eigenvalue weighted by molar-refractivity contribution is 5.48. The first-order valence-electron chi connectivity index (χ1n) is 6.64. The summed E-state index contributed by atoms with van der Waals surface area (Å²) in [6, 6.07) is 4.13. The minimum absolute atomic E-state index is 0.0550. The first-order chi connectivity index (χ1) is 8.18. The fraction of sp³-hybridized carbons (Fsp3) is 0.643. The minimum Gasteiger partial charge on any atom is -0.356 e. The van der Waals surface area contributed by atoms with Crippen LogP contribution in [-0.2, 0) is 0 Å². The molecule has 2 heterocycles. The van der Waals surface area contributed by atoms with Crippen molar-refractivity contribution >= 4 is 5.82 Å². The Bertz CT molecular complexity index is 362. The van der Waals surface area contributed by atoms with E-state index in [-0.39, 0.29) is 6.04 Å². The van der Waals surface area contributed by atoms with Gasteiger partial charge in [-0.15, -0.1) is 0 Å². The fourth-order valence-electron chi connectivity index (χ4n) is 2.50. The second-order valence-corrected chi connectivity index (χ2v) is 5.23. The van der Waals surface area contributed by atoms with Crippen molar-refractivity contribution in [2.75, 3.05) is 18.0 Å². The van der Waals surface area contributed by atoms with Gasteiger partial charge in [0.2, 0.25) is 0 Å². The van der Waals surface area contributed by atoms with Crippen molar-refractivity contribution < 1.29 is 0 Å². The lowest BCUT2D eigenvalue weighted by atomic mass is 10.0. The number of rotatable bonds is 2. The molecule has 1 aromatic rings. The first kappa shape index (κ1) is 12.4. The van der Waals surface area contributed by atoms with E-state index in [4.69, 9.17) is 5.73 Å². The van der Waals surface area contributed by atoms with Crippen molar-refractivity contribution in [2.45, 2.75) is 39.2 Å². The van der Waals surface area contributed by atoms with Gasteiger partial charge in [-0.1, -0.05) is 13.0 Å². The Morgan fingerprint density at radius 3 is 3.00 bits per heavy atom. The molecule has 1 unspecified atom stereocenters. The summed E-state index contributed by atoms with van der Waals surface area (Å²) in [5.41, 5.74) is 7.19. The Labute approximate surface area is 104 Å². The average Bonchev–Trinajstić information content (AvgIpc) is 2.54. The van der Waals surface area contributed by atoms with E-state index < -0.39 is 0 Å². The van der Waals surface area contributed by atoms with E-state index in [0.29, 0.717) is 0 Å². The summed E-state index contributed by atoms with van der Waals surface area (Å²) in [4.78, 5) is 6.94. The van der Waals surface area contributed by atoms with Crippen molar-refractivity contribution in [3.8, 4) is 0 Å². The van der Waals surface area contributed by atoms with Gasteiger partial charge in [-0.05, 0) is 38.2 Å². The molecule has 1 aliphatic rings. The van der Waals surface area contributed by atoms with Crippen molar-refractivity contribution in [1.82, 2.24) is 4.98 Å². The van der Waals surface area contributed by atoms with E-state index in [0.717, 1.165) is 24.8 Å². The predicted molar refractivity (Wildman–Crippen MR) is 72.1 cm³/mol. The average molecular weight is 233 g/mol. The van der Waals surface area contributed by atoms with Gasteiger partial charge in [0, 0.05) is 30.9 Å². The van der Waals surface area contributed by atoms with Crippen LogP contribution in [0.25, 0.3) is 0 Å². The minimum atomic E-state index is 0.0550. The molecule has 0 radical (unpaired) electrons. The predicted octanol–water partition coefficient (Wildman–Crippen LogP) is 2.73. The molecular formula is C14H23N3. The zero-order valence-electron chi connectivity index (χ0n) is 10.9. The van der Waals surface area contributed by atoms with E-state index in [1.165, 1.54) is 24.8 Å². The molecule has 94 valence electrons. The highest BCUT2D eigenvalue weighted by Crippen LogP contribution is 2.26. The summed E-state index contributed by atoms with van der Waals surface area (Å²) in [5, 5.41) is 0. The molecule has 2 atom stereocenters. The number of pyridine rings is 1. The molecule has 1 aromatic heterocycles. The molecule has 1 saturated heterocycles. The molecule has 0 saturated carbocycles. The van der Waals surface area contributed by atoms with Crippen LogP contribution >= 0.6 is 0 Å². The Kier molecular flexibility index (Phi) is 4.00. The highest BCUT2D eigenvalue weighted by Gasteiger charge is 2.18. The van der Waals surface area contributed by atoms with Crippen LogP contribution in [0.15, 0.2) is 18.3 Å². The first-order valence-corrected chi connectivity index (χ1v) is 6.64. The zero-order chi connectivity index (χ0) is 12.3. The summed E-state index contributed by atoms with van der Waals surface area (Å²) in [6.45, 7) is 6.59. The van der Waals surface area contributed by atoms with Crippen LogP contribution in [0.4, 0.5) is 5.82 Å². The Morgan fingerprint density at radius 1 is 1.41 bits per heavy atom. The summed E-state index contributed by atoms with van der Waals surface area (Å²) in [7, 11) is 0. The third-order valence-corrected chi connectivity index (χ3v) is 3.62. The molecule has 2 rings (SSSR count). The highest BCUT2D eigenvalue weighted by atomic mass is 15.2. The van der Waals surface area contributed by atoms with E-state index in [1.807, 2.05) is 19.2 Å². The van der Waals surface area contributed by atoms with Crippen LogP contribution in [0, 0.1) is 5.92 Å². The number of nitrogens with two attached hydrogens (primary N) is 1. The zero-order valence-corrected chi connectivity index (χ0v) is 10.9. The van der Waals surface area contributed by atoms with Crippen LogP contribution < -0.4 is 10.6 Å². The maximum atomic E-state index is 6.02. The Morgan fingerprint density at radius 2 is 2.24 bits per heavy atom. The standard InChI is InChI=1S/C14H23N3/c1-11-5-4-9-17(10-7-11)14-13(12(2)15)6-3-8-16-14/h3,6,8,11-12H,4-5,7,9-10,15H2,1-2H3/t11?,12-/m1/s1. The summed E-state index contributed by atoms with van der Waals surface area (Å²) < 4.78 is 0. The van der Waals surface area contributed by atoms with Crippen molar-refractivity contribution in [3.63, 3.8) is 0 Å². The summed E-state index contributed by atoms with van der Waals surface area (Å²) >= 11 is 0. The summed E-state index contributed by atoms with van der Waals surface area (Å²) in [6.07, 6.45) is 5.72. The molecule has 2 N–H and O–H groups in total. The van der Waals surface area contributed by atoms with Gasteiger partial charge >= 0.3 is 0 Å². The maximum Gasteiger partial charge on any atom is 0.133 e. The number of anilines is 1. The van der Waals surface area contributed by atoms with E-state index >= 15 is 0 Å². The van der Waals surface area contributed by atoms with Crippen LogP contribution in [0.1, 0.15) is 44.7 Å². The van der Waals surface area contributed by atoms with Gasteiger partial charge in [-0.25, -0.2) is 4.98 Å². The SMILES string of the molecule is CC1CCCN(c2ncccc2[C@@H](C)N)CC1. The molecule has 0 bridgehead atoms. The second-order valence-electron chi connectivity index (χ2n) is 5.23. The van der Waals surface area contributed by atoms with Crippen LogP contribution in [0.3, 0.4) is 0 Å². The van der Waals surface area contributed by atoms with Gasteiger partial charge in [0.1, 0.15) is 5.82 Å². The molecule has 0 aliphatic carbocycles. The molecular weight excluding hydrogens is 210 g/mol. The number of hydrogen-bond acceptors (Lipinski definition) is 3. The molecule has 3 nitrogen and oxygen atoms in total. The molecule has 0 spiro atoms. The lowest BCUT2D eigenvalue weighted by Crippen LogP contribution is -2.27. The molecule has 3 heteroatoms.